The predicted molar refractivity (Wildman–Crippen MR) is 93.9 cm³/mol. The molecule has 2 aromatic heterocycles. The Bertz CT molecular complexity index is 686. The van der Waals surface area contributed by atoms with E-state index in [1.165, 1.54) is 0 Å². The first-order valence-electron chi connectivity index (χ1n) is 8.47. The number of aromatic nitrogens is 3. The fourth-order valence-electron chi connectivity index (χ4n) is 2.97. The lowest BCUT2D eigenvalue weighted by atomic mass is 9.99. The maximum atomic E-state index is 12.5. The summed E-state index contributed by atoms with van der Waals surface area (Å²) in [5.41, 5.74) is 0.665. The molecule has 0 N–H and O–H groups in total. The topological polar surface area (TPSA) is 54.3 Å². The van der Waals surface area contributed by atoms with Gasteiger partial charge < -0.3 is 14.4 Å². The minimum Gasteiger partial charge on any atom is -0.352 e. The third-order valence-corrected chi connectivity index (χ3v) is 4.76. The summed E-state index contributed by atoms with van der Waals surface area (Å²) in [5, 5.41) is 0. The van der Waals surface area contributed by atoms with Crippen molar-refractivity contribution in [1.82, 2.24) is 19.4 Å². The zero-order valence-electron chi connectivity index (χ0n) is 14.6. The van der Waals surface area contributed by atoms with Crippen molar-refractivity contribution < 1.29 is 4.79 Å². The molecule has 1 aliphatic heterocycles. The molecule has 0 bridgehead atoms. The highest BCUT2D eigenvalue weighted by molar-refractivity contribution is 5.94. The molecule has 1 saturated heterocycles. The van der Waals surface area contributed by atoms with Crippen molar-refractivity contribution in [3.05, 3.63) is 42.1 Å². The van der Waals surface area contributed by atoms with Crippen LogP contribution in [0.5, 0.6) is 0 Å². The quantitative estimate of drug-likeness (QED) is 0.865. The number of hydrogen-bond acceptors (Lipinski definition) is 4. The molecule has 6 heteroatoms. The second kappa shape index (κ2) is 7.03. The summed E-state index contributed by atoms with van der Waals surface area (Å²) in [6, 6.07) is 3.78. The molecule has 128 valence electrons. The van der Waals surface area contributed by atoms with Crippen molar-refractivity contribution in [2.75, 3.05) is 25.0 Å². The predicted octanol–water partition coefficient (Wildman–Crippen LogP) is 2.32. The molecule has 0 radical (unpaired) electrons. The first kappa shape index (κ1) is 16.5. The van der Waals surface area contributed by atoms with Crippen LogP contribution in [0.25, 0.3) is 0 Å². The lowest BCUT2D eigenvalue weighted by Gasteiger charge is -2.30. The number of rotatable bonds is 4. The van der Waals surface area contributed by atoms with Crippen molar-refractivity contribution in [3.63, 3.8) is 0 Å². The monoisotopic (exact) mass is 327 g/mol. The van der Waals surface area contributed by atoms with Gasteiger partial charge in [-0.25, -0.2) is 9.97 Å². The summed E-state index contributed by atoms with van der Waals surface area (Å²) in [4.78, 5) is 25.3. The van der Waals surface area contributed by atoms with Gasteiger partial charge in [-0.15, -0.1) is 0 Å². The van der Waals surface area contributed by atoms with Crippen molar-refractivity contribution >= 4 is 11.7 Å². The van der Waals surface area contributed by atoms with E-state index in [1.807, 2.05) is 46.8 Å². The zero-order valence-corrected chi connectivity index (χ0v) is 14.6. The SMILES string of the molecule is CC1CCN(C(=O)c2ccc(N(C)Cc3nccn3C)nc2)CC1. The minimum atomic E-state index is 0.0905. The van der Waals surface area contributed by atoms with E-state index < -0.39 is 0 Å². The van der Waals surface area contributed by atoms with Crippen molar-refractivity contribution in [1.29, 1.82) is 0 Å². The molecule has 2 aromatic rings. The summed E-state index contributed by atoms with van der Waals surface area (Å²) in [5.74, 6) is 2.62. The van der Waals surface area contributed by atoms with Gasteiger partial charge in [0, 0.05) is 45.8 Å². The van der Waals surface area contributed by atoms with Gasteiger partial charge in [0.15, 0.2) is 0 Å². The number of hydrogen-bond donors (Lipinski definition) is 0. The van der Waals surface area contributed by atoms with Gasteiger partial charge in [0.2, 0.25) is 0 Å². The van der Waals surface area contributed by atoms with E-state index in [2.05, 4.69) is 16.9 Å². The van der Waals surface area contributed by atoms with Gasteiger partial charge in [-0.05, 0) is 30.9 Å². The summed E-state index contributed by atoms with van der Waals surface area (Å²) in [6.07, 6.45) is 7.58. The third kappa shape index (κ3) is 3.58. The van der Waals surface area contributed by atoms with Gasteiger partial charge in [0.1, 0.15) is 11.6 Å². The van der Waals surface area contributed by atoms with E-state index in [-0.39, 0.29) is 5.91 Å². The van der Waals surface area contributed by atoms with Crippen LogP contribution in [0.2, 0.25) is 0 Å². The highest BCUT2D eigenvalue weighted by Crippen LogP contribution is 2.19. The summed E-state index contributed by atoms with van der Waals surface area (Å²) in [7, 11) is 3.95. The number of carbonyl (C=O) groups is 1. The number of anilines is 1. The molecule has 24 heavy (non-hydrogen) atoms. The van der Waals surface area contributed by atoms with E-state index >= 15 is 0 Å². The Hall–Kier alpha value is -2.37. The zero-order chi connectivity index (χ0) is 17.1. The Balaban J connectivity index is 1.64. The number of nitrogens with zero attached hydrogens (tertiary/aromatic N) is 5. The van der Waals surface area contributed by atoms with Crippen LogP contribution >= 0.6 is 0 Å². The van der Waals surface area contributed by atoms with Crippen LogP contribution < -0.4 is 4.90 Å². The van der Waals surface area contributed by atoms with E-state index in [4.69, 9.17) is 0 Å². The summed E-state index contributed by atoms with van der Waals surface area (Å²) < 4.78 is 1.99. The lowest BCUT2D eigenvalue weighted by Crippen LogP contribution is -2.38. The van der Waals surface area contributed by atoms with E-state index in [1.54, 1.807) is 12.4 Å². The van der Waals surface area contributed by atoms with Crippen LogP contribution in [0.1, 0.15) is 35.9 Å². The highest BCUT2D eigenvalue weighted by atomic mass is 16.2. The number of aryl methyl sites for hydroxylation is 1. The number of piperidine rings is 1. The molecule has 0 aliphatic carbocycles. The number of imidazole rings is 1. The van der Waals surface area contributed by atoms with Crippen molar-refractivity contribution in [2.45, 2.75) is 26.3 Å². The standard InChI is InChI=1S/C18H25N5O/c1-14-6-9-23(10-7-14)18(24)15-4-5-16(20-12-15)22(3)13-17-19-8-11-21(17)2/h4-5,8,11-12,14H,6-7,9-10,13H2,1-3H3. The van der Waals surface area contributed by atoms with Crippen LogP contribution in [0.3, 0.4) is 0 Å². The van der Waals surface area contributed by atoms with Gasteiger partial charge in [-0.2, -0.15) is 0 Å². The Kier molecular flexibility index (Phi) is 4.83. The molecule has 0 atom stereocenters. The molecule has 6 nitrogen and oxygen atoms in total. The number of pyridine rings is 1. The van der Waals surface area contributed by atoms with Crippen molar-refractivity contribution in [3.8, 4) is 0 Å². The second-order valence-electron chi connectivity index (χ2n) is 6.69. The van der Waals surface area contributed by atoms with E-state index in [0.29, 0.717) is 18.0 Å². The first-order valence-corrected chi connectivity index (χ1v) is 8.47. The van der Waals surface area contributed by atoms with Crippen molar-refractivity contribution in [2.24, 2.45) is 13.0 Å². The van der Waals surface area contributed by atoms with Crippen LogP contribution in [0.15, 0.2) is 30.7 Å². The Labute approximate surface area is 143 Å². The largest absolute Gasteiger partial charge is 0.352 e. The third-order valence-electron chi connectivity index (χ3n) is 4.76. The maximum Gasteiger partial charge on any atom is 0.255 e. The van der Waals surface area contributed by atoms with Gasteiger partial charge in [0.25, 0.3) is 5.91 Å². The fourth-order valence-corrected chi connectivity index (χ4v) is 2.97. The Morgan fingerprint density at radius 2 is 2.04 bits per heavy atom. The molecule has 1 fully saturated rings. The van der Waals surface area contributed by atoms with Gasteiger partial charge in [-0.3, -0.25) is 4.79 Å². The molecule has 0 saturated carbocycles. The molecular weight excluding hydrogens is 302 g/mol. The van der Waals surface area contributed by atoms with Crippen LogP contribution in [0.4, 0.5) is 5.82 Å². The highest BCUT2D eigenvalue weighted by Gasteiger charge is 2.21. The van der Waals surface area contributed by atoms with Gasteiger partial charge >= 0.3 is 0 Å². The Morgan fingerprint density at radius 1 is 1.29 bits per heavy atom. The molecule has 0 aromatic carbocycles. The van der Waals surface area contributed by atoms with Crippen LogP contribution in [-0.2, 0) is 13.6 Å². The molecule has 1 amide bonds. The van der Waals surface area contributed by atoms with Crippen LogP contribution in [0, 0.1) is 5.92 Å². The Morgan fingerprint density at radius 3 is 2.62 bits per heavy atom. The smallest absolute Gasteiger partial charge is 0.255 e. The summed E-state index contributed by atoms with van der Waals surface area (Å²) >= 11 is 0. The molecule has 0 spiro atoms. The average molecular weight is 327 g/mol. The van der Waals surface area contributed by atoms with Crippen LogP contribution in [-0.4, -0.2) is 45.5 Å². The number of likely N-dealkylation sites (tertiary alicyclic amines) is 1. The normalized spacial score (nSPS) is 15.5. The molecule has 3 rings (SSSR count). The molecule has 0 unspecified atom stereocenters. The number of amides is 1. The second-order valence-corrected chi connectivity index (χ2v) is 6.69. The molecule has 3 heterocycles. The van der Waals surface area contributed by atoms with E-state index in [9.17, 15) is 4.79 Å². The number of carbonyl (C=O) groups excluding carboxylic acids is 1. The first-order chi connectivity index (χ1) is 11.5. The summed E-state index contributed by atoms with van der Waals surface area (Å²) in [6.45, 7) is 4.62. The fraction of sp³-hybridized carbons (Fsp3) is 0.500. The van der Waals surface area contributed by atoms with Gasteiger partial charge in [0.05, 0.1) is 12.1 Å². The molecular formula is C18H25N5O. The minimum absolute atomic E-state index is 0.0905. The van der Waals surface area contributed by atoms with E-state index in [0.717, 1.165) is 37.6 Å². The van der Waals surface area contributed by atoms with Gasteiger partial charge in [-0.1, -0.05) is 6.92 Å². The lowest BCUT2D eigenvalue weighted by molar-refractivity contribution is 0.0697. The maximum absolute atomic E-state index is 12.5. The average Bonchev–Trinajstić information content (AvgIpc) is 3.00. The molecule has 1 aliphatic rings.